The number of amides is 2. The van der Waals surface area contributed by atoms with Crippen molar-refractivity contribution in [3.05, 3.63) is 41.7 Å². The molecule has 1 aliphatic heterocycles. The van der Waals surface area contributed by atoms with Gasteiger partial charge in [0.15, 0.2) is 11.0 Å². The summed E-state index contributed by atoms with van der Waals surface area (Å²) in [6.45, 7) is 4.63. The third kappa shape index (κ3) is 6.32. The van der Waals surface area contributed by atoms with Crippen molar-refractivity contribution in [3.63, 3.8) is 0 Å². The summed E-state index contributed by atoms with van der Waals surface area (Å²) in [4.78, 5) is 26.3. The number of aromatic nitrogens is 3. The second-order valence-electron chi connectivity index (χ2n) is 7.14. The molecule has 0 unspecified atom stereocenters. The van der Waals surface area contributed by atoms with E-state index < -0.39 is 0 Å². The summed E-state index contributed by atoms with van der Waals surface area (Å²) >= 11 is 1.39. The van der Waals surface area contributed by atoms with Crippen LogP contribution in [0.15, 0.2) is 35.5 Å². The molecule has 0 saturated carbocycles. The van der Waals surface area contributed by atoms with Gasteiger partial charge in [-0.15, -0.1) is 10.2 Å². The Balaban J connectivity index is 1.49. The predicted octanol–water partition coefficient (Wildman–Crippen LogP) is 2.65. The highest BCUT2D eigenvalue weighted by atomic mass is 32.2. The Morgan fingerprint density at radius 1 is 1.17 bits per heavy atom. The fourth-order valence-electron chi connectivity index (χ4n) is 3.41. The van der Waals surface area contributed by atoms with Crippen LogP contribution in [0.5, 0.6) is 0 Å². The van der Waals surface area contributed by atoms with Gasteiger partial charge in [0, 0.05) is 26.1 Å². The van der Waals surface area contributed by atoms with Crippen LogP contribution in [0, 0.1) is 0 Å². The lowest BCUT2D eigenvalue weighted by Crippen LogP contribution is -2.31. The van der Waals surface area contributed by atoms with Crippen molar-refractivity contribution >= 4 is 23.6 Å². The van der Waals surface area contributed by atoms with Crippen LogP contribution in [0.2, 0.25) is 0 Å². The maximum atomic E-state index is 12.3. The fraction of sp³-hybridized carbons (Fsp3) is 0.524. The van der Waals surface area contributed by atoms with Gasteiger partial charge < -0.3 is 14.8 Å². The van der Waals surface area contributed by atoms with E-state index in [1.807, 2.05) is 34.6 Å². The molecule has 3 rings (SSSR count). The zero-order valence-electron chi connectivity index (χ0n) is 17.0. The van der Waals surface area contributed by atoms with Crippen molar-refractivity contribution in [2.24, 2.45) is 0 Å². The number of benzene rings is 1. The van der Waals surface area contributed by atoms with Crippen LogP contribution in [-0.2, 0) is 29.1 Å². The maximum Gasteiger partial charge on any atom is 0.230 e. The van der Waals surface area contributed by atoms with Crippen molar-refractivity contribution < 1.29 is 9.59 Å². The second-order valence-corrected chi connectivity index (χ2v) is 8.09. The molecule has 2 amide bonds. The molecular formula is C21H29N5O2S. The molecule has 7 nitrogen and oxygen atoms in total. The summed E-state index contributed by atoms with van der Waals surface area (Å²) in [5, 5.41) is 12.2. The van der Waals surface area contributed by atoms with Gasteiger partial charge in [0.2, 0.25) is 11.8 Å². The molecule has 1 saturated heterocycles. The average molecular weight is 416 g/mol. The summed E-state index contributed by atoms with van der Waals surface area (Å²) in [5.41, 5.74) is 1.21. The Kier molecular flexibility index (Phi) is 8.10. The quantitative estimate of drug-likeness (QED) is 0.637. The van der Waals surface area contributed by atoms with Crippen molar-refractivity contribution in [2.75, 3.05) is 18.8 Å². The van der Waals surface area contributed by atoms with E-state index in [0.29, 0.717) is 31.8 Å². The Morgan fingerprint density at radius 2 is 2.00 bits per heavy atom. The number of thioether (sulfide) groups is 1. The van der Waals surface area contributed by atoms with Gasteiger partial charge in [-0.2, -0.15) is 0 Å². The zero-order chi connectivity index (χ0) is 20.5. The monoisotopic (exact) mass is 415 g/mol. The number of rotatable bonds is 9. The molecule has 0 radical (unpaired) electrons. The minimum Gasteiger partial charge on any atom is -0.355 e. The van der Waals surface area contributed by atoms with Crippen LogP contribution in [0.1, 0.15) is 44.0 Å². The molecule has 1 aromatic heterocycles. The molecule has 1 N–H and O–H groups in total. The molecule has 1 aliphatic rings. The number of carbonyl (C=O) groups is 2. The smallest absolute Gasteiger partial charge is 0.230 e. The second kappa shape index (κ2) is 11.0. The van der Waals surface area contributed by atoms with Gasteiger partial charge in [0.1, 0.15) is 0 Å². The van der Waals surface area contributed by atoms with Crippen molar-refractivity contribution in [1.82, 2.24) is 25.0 Å². The number of carbonyl (C=O) groups excluding carboxylic acids is 2. The highest BCUT2D eigenvalue weighted by Gasteiger charge is 2.20. The fourth-order valence-corrected chi connectivity index (χ4v) is 4.26. The molecule has 0 aliphatic carbocycles. The van der Waals surface area contributed by atoms with Gasteiger partial charge in [0.25, 0.3) is 0 Å². The van der Waals surface area contributed by atoms with Crippen LogP contribution in [0.4, 0.5) is 0 Å². The van der Waals surface area contributed by atoms with Crippen LogP contribution in [-0.4, -0.2) is 50.3 Å². The summed E-state index contributed by atoms with van der Waals surface area (Å²) in [6, 6.07) is 10.1. The standard InChI is InChI=1S/C21H29N5O2S/c1-2-26-18(15-25-14-8-4-7-11-20(25)28)23-24-21(26)29-16-19(27)22-13-12-17-9-5-3-6-10-17/h3,5-6,9-10H,2,4,7-8,11-16H2,1H3,(H,22,27). The molecule has 2 heterocycles. The van der Waals surface area contributed by atoms with E-state index in [0.717, 1.165) is 43.2 Å². The van der Waals surface area contributed by atoms with Gasteiger partial charge in [-0.05, 0) is 31.7 Å². The average Bonchev–Trinajstić information content (AvgIpc) is 3.01. The topological polar surface area (TPSA) is 80.1 Å². The first-order valence-electron chi connectivity index (χ1n) is 10.3. The van der Waals surface area contributed by atoms with E-state index in [9.17, 15) is 9.59 Å². The molecular weight excluding hydrogens is 386 g/mol. The van der Waals surface area contributed by atoms with Crippen molar-refractivity contribution in [3.8, 4) is 0 Å². The predicted molar refractivity (Wildman–Crippen MR) is 113 cm³/mol. The Labute approximate surface area is 176 Å². The van der Waals surface area contributed by atoms with E-state index >= 15 is 0 Å². The summed E-state index contributed by atoms with van der Waals surface area (Å²) < 4.78 is 2.00. The Bertz CT molecular complexity index is 809. The Morgan fingerprint density at radius 3 is 2.79 bits per heavy atom. The van der Waals surface area contributed by atoms with Gasteiger partial charge >= 0.3 is 0 Å². The van der Waals surface area contributed by atoms with Gasteiger partial charge in [-0.1, -0.05) is 48.5 Å². The van der Waals surface area contributed by atoms with Crippen LogP contribution in [0.25, 0.3) is 0 Å². The Hall–Kier alpha value is -2.35. The summed E-state index contributed by atoms with van der Waals surface area (Å²) in [6.07, 6.45) is 4.54. The highest BCUT2D eigenvalue weighted by molar-refractivity contribution is 7.99. The number of hydrogen-bond acceptors (Lipinski definition) is 5. The zero-order valence-corrected chi connectivity index (χ0v) is 17.8. The highest BCUT2D eigenvalue weighted by Crippen LogP contribution is 2.19. The third-order valence-electron chi connectivity index (χ3n) is 5.02. The van der Waals surface area contributed by atoms with Crippen LogP contribution < -0.4 is 5.32 Å². The summed E-state index contributed by atoms with van der Waals surface area (Å²) in [7, 11) is 0. The molecule has 0 spiro atoms. The van der Waals surface area contributed by atoms with E-state index in [-0.39, 0.29) is 11.8 Å². The molecule has 29 heavy (non-hydrogen) atoms. The minimum atomic E-state index is -0.0131. The third-order valence-corrected chi connectivity index (χ3v) is 5.99. The maximum absolute atomic E-state index is 12.3. The first kappa shape index (κ1) is 21.4. The summed E-state index contributed by atoms with van der Waals surface area (Å²) in [5.74, 6) is 1.27. The lowest BCUT2D eigenvalue weighted by atomic mass is 10.1. The lowest BCUT2D eigenvalue weighted by Gasteiger charge is -2.20. The number of likely N-dealkylation sites (tertiary alicyclic amines) is 1. The SMILES string of the molecule is CCn1c(CN2CCCCCC2=O)nnc1SCC(=O)NCCc1ccccc1. The van der Waals surface area contributed by atoms with Crippen molar-refractivity contribution in [2.45, 2.75) is 57.3 Å². The molecule has 2 aromatic rings. The van der Waals surface area contributed by atoms with E-state index in [2.05, 4.69) is 27.6 Å². The van der Waals surface area contributed by atoms with E-state index in [1.54, 1.807) is 0 Å². The minimum absolute atomic E-state index is 0.0131. The van der Waals surface area contributed by atoms with Crippen molar-refractivity contribution in [1.29, 1.82) is 0 Å². The van der Waals surface area contributed by atoms with Crippen LogP contribution in [0.3, 0.4) is 0 Å². The number of hydrogen-bond donors (Lipinski definition) is 1. The first-order chi connectivity index (χ1) is 14.2. The molecule has 1 aromatic carbocycles. The van der Waals surface area contributed by atoms with Gasteiger partial charge in [0.05, 0.1) is 12.3 Å². The number of nitrogens with zero attached hydrogens (tertiary/aromatic N) is 4. The lowest BCUT2D eigenvalue weighted by molar-refractivity contribution is -0.131. The molecule has 0 atom stereocenters. The largest absolute Gasteiger partial charge is 0.355 e. The normalized spacial score (nSPS) is 14.7. The van der Waals surface area contributed by atoms with E-state index in [1.165, 1.54) is 17.3 Å². The van der Waals surface area contributed by atoms with E-state index in [4.69, 9.17) is 0 Å². The first-order valence-corrected chi connectivity index (χ1v) is 11.3. The molecule has 0 bridgehead atoms. The van der Waals surface area contributed by atoms with Gasteiger partial charge in [-0.3, -0.25) is 9.59 Å². The molecule has 156 valence electrons. The molecule has 1 fully saturated rings. The van der Waals surface area contributed by atoms with Crippen LogP contribution >= 0.6 is 11.8 Å². The van der Waals surface area contributed by atoms with Gasteiger partial charge in [-0.25, -0.2) is 0 Å². The molecule has 8 heteroatoms. The number of nitrogens with one attached hydrogen (secondary N) is 1.